The lowest BCUT2D eigenvalue weighted by molar-refractivity contribution is -0.379. The van der Waals surface area contributed by atoms with Gasteiger partial charge in [0, 0.05) is 13.8 Å². The molecule has 0 radical (unpaired) electrons. The van der Waals surface area contributed by atoms with E-state index in [1.54, 1.807) is 0 Å². The van der Waals surface area contributed by atoms with Gasteiger partial charge >= 0.3 is 0 Å². The number of aliphatic hydroxyl groups excluding tert-OH is 12. The second kappa shape index (κ2) is 18.0. The van der Waals surface area contributed by atoms with Crippen molar-refractivity contribution in [1.29, 1.82) is 0 Å². The molecule has 296 valence electrons. The molecule has 0 bridgehead atoms. The minimum absolute atomic E-state index is 0.660. The number of nitrogens with one attached hydrogen (secondary N) is 2. The van der Waals surface area contributed by atoms with Crippen LogP contribution in [0.2, 0.25) is 0 Å². The van der Waals surface area contributed by atoms with Crippen LogP contribution >= 0.6 is 0 Å². The Bertz CT molecular complexity index is 1140. The largest absolute Gasteiger partial charge is 0.394 e. The molecule has 0 aliphatic carbocycles. The highest BCUT2D eigenvalue weighted by molar-refractivity contribution is 5.73. The second-order valence-electron chi connectivity index (χ2n) is 12.6. The molecule has 2 amide bonds. The van der Waals surface area contributed by atoms with Crippen LogP contribution < -0.4 is 10.6 Å². The van der Waals surface area contributed by atoms with Crippen molar-refractivity contribution in [2.75, 3.05) is 26.4 Å². The average Bonchev–Trinajstić information content (AvgIpc) is 3.09. The van der Waals surface area contributed by atoms with Crippen molar-refractivity contribution in [2.45, 2.75) is 137 Å². The summed E-state index contributed by atoms with van der Waals surface area (Å²) in [4.78, 5) is 23.9. The van der Waals surface area contributed by atoms with Gasteiger partial charge in [-0.15, -0.1) is 0 Å². The first-order valence-corrected chi connectivity index (χ1v) is 16.1. The van der Waals surface area contributed by atoms with Crippen molar-refractivity contribution in [2.24, 2.45) is 0 Å². The highest BCUT2D eigenvalue weighted by atomic mass is 16.8. The summed E-state index contributed by atoms with van der Waals surface area (Å²) in [5.74, 6) is -1.40. The normalized spacial score (nSPS) is 47.8. The van der Waals surface area contributed by atoms with Gasteiger partial charge in [-0.05, 0) is 0 Å². The van der Waals surface area contributed by atoms with E-state index in [2.05, 4.69) is 10.6 Å². The zero-order valence-corrected chi connectivity index (χ0v) is 27.4. The van der Waals surface area contributed by atoms with Crippen LogP contribution in [-0.2, 0) is 42.7 Å². The number of hydrogen-bond acceptors (Lipinski definition) is 21. The van der Waals surface area contributed by atoms with E-state index in [0.717, 1.165) is 13.8 Å². The van der Waals surface area contributed by atoms with Crippen molar-refractivity contribution in [3.05, 3.63) is 0 Å². The second-order valence-corrected chi connectivity index (χ2v) is 12.6. The van der Waals surface area contributed by atoms with Gasteiger partial charge in [-0.2, -0.15) is 0 Å². The van der Waals surface area contributed by atoms with E-state index in [1.807, 2.05) is 0 Å². The first-order valence-electron chi connectivity index (χ1n) is 16.1. The Morgan fingerprint density at radius 1 is 0.471 bits per heavy atom. The van der Waals surface area contributed by atoms with Crippen LogP contribution in [0.25, 0.3) is 0 Å². The molecule has 4 rings (SSSR count). The van der Waals surface area contributed by atoms with Crippen LogP contribution in [0, 0.1) is 0 Å². The van der Waals surface area contributed by atoms with Gasteiger partial charge in [0.05, 0.1) is 26.4 Å². The number of rotatable bonds is 12. The summed E-state index contributed by atoms with van der Waals surface area (Å²) in [7, 11) is 0. The number of ether oxygens (including phenoxy) is 7. The van der Waals surface area contributed by atoms with Crippen LogP contribution in [0.3, 0.4) is 0 Å². The molecule has 0 aromatic heterocycles. The molecular formula is C28H48N2O21. The SMILES string of the molecule is CC(=O)N[C@H]1[C@H](O[C@H]2[C@H](O)[C@H](NC(C)=O)[C@H](O)O[C@@H]2CO)O[C@H](CO)[C@@H](O[C@H]2O[C@H](CO)[C@@H](O)[C@H](O[C@@H]3O[C@H](CO)[C@@H](O)[C@H](O)[C@@H]3O)[C@@H]2O)[C@@H]1O. The summed E-state index contributed by atoms with van der Waals surface area (Å²) in [5, 5.41) is 130. The zero-order chi connectivity index (χ0) is 37.9. The average molecular weight is 749 g/mol. The third-order valence-corrected chi connectivity index (χ3v) is 9.01. The minimum Gasteiger partial charge on any atom is -0.394 e. The molecule has 4 aliphatic rings. The van der Waals surface area contributed by atoms with Gasteiger partial charge in [-0.3, -0.25) is 9.59 Å². The summed E-state index contributed by atoms with van der Waals surface area (Å²) < 4.78 is 39.1. The van der Waals surface area contributed by atoms with Crippen molar-refractivity contribution >= 4 is 11.8 Å². The first-order chi connectivity index (χ1) is 24.1. The molecular weight excluding hydrogens is 700 g/mol. The standard InChI is InChI=1S/C28H48N2O21/c1-7(35)29-13-17(39)22(11(5-33)45-25(13)44)49-26-14(30-8(2)36)18(40)23(12(6-34)48-26)50-28-21(43)24(16(38)10(4-32)47-28)51-27-20(42)19(41)15(37)9(3-31)46-27/h9-28,31-34,37-44H,3-6H2,1-2H3,(H,29,35)(H,30,36)/t9-,10-,11-,12-,13+,14-,15-,16-,17-,18-,19+,20+,21+,22-,23-,24+,25-,26+,27+,28-/m1/s1. The number of carbonyl (C=O) groups is 2. The Hall–Kier alpha value is -1.82. The van der Waals surface area contributed by atoms with Gasteiger partial charge < -0.3 is 105 Å². The summed E-state index contributed by atoms with van der Waals surface area (Å²) in [6.45, 7) is -1.28. The number of hydrogen-bond donors (Lipinski definition) is 14. The molecule has 4 heterocycles. The summed E-state index contributed by atoms with van der Waals surface area (Å²) in [5.41, 5.74) is 0. The van der Waals surface area contributed by atoms with Gasteiger partial charge in [0.25, 0.3) is 0 Å². The number of amides is 2. The topological polar surface area (TPSA) is 366 Å². The maximum absolute atomic E-state index is 12.2. The van der Waals surface area contributed by atoms with E-state index in [0.29, 0.717) is 0 Å². The van der Waals surface area contributed by atoms with E-state index < -0.39 is 161 Å². The molecule has 23 nitrogen and oxygen atoms in total. The Labute approximate surface area is 289 Å². The van der Waals surface area contributed by atoms with E-state index in [-0.39, 0.29) is 0 Å². The quantitative estimate of drug-likeness (QED) is 0.0881. The predicted molar refractivity (Wildman–Crippen MR) is 157 cm³/mol. The molecule has 23 heteroatoms. The highest BCUT2D eigenvalue weighted by Crippen LogP contribution is 2.34. The fraction of sp³-hybridized carbons (Fsp3) is 0.929. The fourth-order valence-corrected chi connectivity index (χ4v) is 6.35. The van der Waals surface area contributed by atoms with Gasteiger partial charge in [0.2, 0.25) is 11.8 Å². The molecule has 4 aliphatic heterocycles. The maximum Gasteiger partial charge on any atom is 0.217 e. The summed E-state index contributed by atoms with van der Waals surface area (Å²) in [6.07, 6.45) is -31.4. The molecule has 4 saturated heterocycles. The smallest absolute Gasteiger partial charge is 0.217 e. The number of aliphatic hydroxyl groups is 12. The zero-order valence-electron chi connectivity index (χ0n) is 27.4. The summed E-state index contributed by atoms with van der Waals surface area (Å²) in [6, 6.07) is -3.04. The Morgan fingerprint density at radius 3 is 1.41 bits per heavy atom. The maximum atomic E-state index is 12.2. The van der Waals surface area contributed by atoms with Crippen molar-refractivity contribution in [1.82, 2.24) is 10.6 Å². The van der Waals surface area contributed by atoms with Gasteiger partial charge in [0.15, 0.2) is 25.2 Å². The third kappa shape index (κ3) is 9.11. The van der Waals surface area contributed by atoms with Crippen LogP contribution in [0.1, 0.15) is 13.8 Å². The molecule has 0 aromatic carbocycles. The highest BCUT2D eigenvalue weighted by Gasteiger charge is 2.55. The van der Waals surface area contributed by atoms with Crippen LogP contribution in [0.15, 0.2) is 0 Å². The van der Waals surface area contributed by atoms with Crippen molar-refractivity contribution in [3.63, 3.8) is 0 Å². The van der Waals surface area contributed by atoms with Crippen LogP contribution in [-0.4, -0.2) is 222 Å². The van der Waals surface area contributed by atoms with E-state index in [4.69, 9.17) is 33.2 Å². The molecule has 51 heavy (non-hydrogen) atoms. The predicted octanol–water partition coefficient (Wildman–Crippen LogP) is -9.46. The van der Waals surface area contributed by atoms with Crippen LogP contribution in [0.4, 0.5) is 0 Å². The first kappa shape index (κ1) is 41.9. The molecule has 0 aromatic rings. The number of carbonyl (C=O) groups excluding carboxylic acids is 2. The molecule has 20 atom stereocenters. The lowest BCUT2D eigenvalue weighted by atomic mass is 9.94. The van der Waals surface area contributed by atoms with Crippen molar-refractivity contribution in [3.8, 4) is 0 Å². The Balaban J connectivity index is 1.56. The van der Waals surface area contributed by atoms with Gasteiger partial charge in [0.1, 0.15) is 97.5 Å². The van der Waals surface area contributed by atoms with Crippen LogP contribution in [0.5, 0.6) is 0 Å². The molecule has 0 unspecified atom stereocenters. The van der Waals surface area contributed by atoms with Crippen molar-refractivity contribution < 1.29 is 104 Å². The van der Waals surface area contributed by atoms with Gasteiger partial charge in [-0.25, -0.2) is 0 Å². The Morgan fingerprint density at radius 2 is 0.882 bits per heavy atom. The third-order valence-electron chi connectivity index (χ3n) is 9.01. The monoisotopic (exact) mass is 748 g/mol. The van der Waals surface area contributed by atoms with Gasteiger partial charge in [-0.1, -0.05) is 0 Å². The molecule has 0 spiro atoms. The molecule has 14 N–H and O–H groups in total. The lowest BCUT2D eigenvalue weighted by Gasteiger charge is -2.50. The fourth-order valence-electron chi connectivity index (χ4n) is 6.35. The lowest BCUT2D eigenvalue weighted by Crippen LogP contribution is -2.70. The minimum atomic E-state index is -2.04. The van der Waals surface area contributed by atoms with E-state index in [1.165, 1.54) is 0 Å². The molecule has 0 saturated carbocycles. The molecule has 4 fully saturated rings. The van der Waals surface area contributed by atoms with E-state index in [9.17, 15) is 70.9 Å². The van der Waals surface area contributed by atoms with E-state index >= 15 is 0 Å². The Kier molecular flexibility index (Phi) is 14.8. The summed E-state index contributed by atoms with van der Waals surface area (Å²) >= 11 is 0.